The van der Waals surface area contributed by atoms with Crippen molar-refractivity contribution < 1.29 is 9.53 Å². The van der Waals surface area contributed by atoms with Gasteiger partial charge in [0.05, 0.1) is 6.61 Å². The SMILES string of the molecule is C=CCNC(=O)Cn1c(=O)c2c(OCCC)ccnc2n(C)c1=O. The normalized spacial score (nSPS) is 10.6. The molecule has 0 bridgehead atoms. The molecule has 0 spiro atoms. The van der Waals surface area contributed by atoms with Crippen LogP contribution in [0.1, 0.15) is 13.3 Å². The molecule has 128 valence electrons. The molecule has 0 aliphatic rings. The third kappa shape index (κ3) is 3.37. The third-order valence-corrected chi connectivity index (χ3v) is 3.39. The molecule has 8 nitrogen and oxygen atoms in total. The van der Waals surface area contributed by atoms with E-state index in [0.29, 0.717) is 12.4 Å². The highest BCUT2D eigenvalue weighted by Crippen LogP contribution is 2.19. The highest BCUT2D eigenvalue weighted by molar-refractivity contribution is 5.81. The molecule has 24 heavy (non-hydrogen) atoms. The van der Waals surface area contributed by atoms with Gasteiger partial charge in [-0.15, -0.1) is 6.58 Å². The van der Waals surface area contributed by atoms with Crippen LogP contribution in [0.2, 0.25) is 0 Å². The molecule has 0 aliphatic carbocycles. The number of hydrogen-bond acceptors (Lipinski definition) is 5. The number of amides is 1. The van der Waals surface area contributed by atoms with Crippen molar-refractivity contribution in [1.82, 2.24) is 19.4 Å². The highest BCUT2D eigenvalue weighted by atomic mass is 16.5. The number of nitrogens with zero attached hydrogens (tertiary/aromatic N) is 3. The number of carbonyl (C=O) groups is 1. The molecule has 1 N–H and O–H groups in total. The van der Waals surface area contributed by atoms with E-state index in [0.717, 1.165) is 11.0 Å². The van der Waals surface area contributed by atoms with Crippen LogP contribution < -0.4 is 21.3 Å². The van der Waals surface area contributed by atoms with Gasteiger partial charge in [0, 0.05) is 19.8 Å². The second-order valence-electron chi connectivity index (χ2n) is 5.18. The van der Waals surface area contributed by atoms with Crippen molar-refractivity contribution in [3.8, 4) is 5.75 Å². The number of pyridine rings is 1. The highest BCUT2D eigenvalue weighted by Gasteiger charge is 2.17. The van der Waals surface area contributed by atoms with Crippen LogP contribution in [-0.4, -0.2) is 33.2 Å². The molecule has 2 heterocycles. The average molecular weight is 332 g/mol. The Labute approximate surface area is 138 Å². The summed E-state index contributed by atoms with van der Waals surface area (Å²) < 4.78 is 7.70. The Morgan fingerprint density at radius 2 is 2.21 bits per heavy atom. The van der Waals surface area contributed by atoms with Crippen molar-refractivity contribution >= 4 is 16.9 Å². The van der Waals surface area contributed by atoms with Gasteiger partial charge < -0.3 is 10.1 Å². The lowest BCUT2D eigenvalue weighted by atomic mass is 10.3. The Balaban J connectivity index is 2.60. The zero-order valence-electron chi connectivity index (χ0n) is 13.7. The van der Waals surface area contributed by atoms with Gasteiger partial charge in [0.1, 0.15) is 17.7 Å². The molecule has 2 aromatic heterocycles. The summed E-state index contributed by atoms with van der Waals surface area (Å²) in [5.74, 6) is -0.101. The quantitative estimate of drug-likeness (QED) is 0.730. The zero-order chi connectivity index (χ0) is 17.7. The smallest absolute Gasteiger partial charge is 0.332 e. The summed E-state index contributed by atoms with van der Waals surface area (Å²) in [5, 5.41) is 2.72. The fourth-order valence-electron chi connectivity index (χ4n) is 2.24. The number of hydrogen-bond donors (Lipinski definition) is 1. The van der Waals surface area contributed by atoms with Gasteiger partial charge in [0.25, 0.3) is 5.56 Å². The van der Waals surface area contributed by atoms with E-state index in [1.54, 1.807) is 6.07 Å². The molecule has 0 aromatic carbocycles. The number of ether oxygens (including phenoxy) is 1. The first-order valence-corrected chi connectivity index (χ1v) is 7.60. The van der Waals surface area contributed by atoms with E-state index in [1.807, 2.05) is 6.92 Å². The molecule has 1 amide bonds. The number of aryl methyl sites for hydroxylation is 1. The van der Waals surface area contributed by atoms with Gasteiger partial charge in [-0.2, -0.15) is 0 Å². The number of rotatable bonds is 7. The van der Waals surface area contributed by atoms with Crippen LogP contribution in [0.4, 0.5) is 0 Å². The van der Waals surface area contributed by atoms with Gasteiger partial charge in [-0.3, -0.25) is 14.2 Å². The molecule has 0 atom stereocenters. The molecule has 8 heteroatoms. The van der Waals surface area contributed by atoms with E-state index >= 15 is 0 Å². The number of fused-ring (bicyclic) bond motifs is 1. The Kier molecular flexibility index (Phi) is 5.51. The van der Waals surface area contributed by atoms with Gasteiger partial charge in [0.15, 0.2) is 5.65 Å². The number of aromatic nitrogens is 3. The maximum absolute atomic E-state index is 12.7. The van der Waals surface area contributed by atoms with Crippen LogP contribution in [0, 0.1) is 0 Å². The molecule has 0 saturated heterocycles. The van der Waals surface area contributed by atoms with Crippen LogP contribution in [0.5, 0.6) is 5.75 Å². The van der Waals surface area contributed by atoms with Crippen molar-refractivity contribution in [2.75, 3.05) is 13.2 Å². The lowest BCUT2D eigenvalue weighted by Gasteiger charge is -2.12. The summed E-state index contributed by atoms with van der Waals surface area (Å²) in [6, 6.07) is 1.58. The minimum absolute atomic E-state index is 0.185. The molecular weight excluding hydrogens is 312 g/mol. The van der Waals surface area contributed by atoms with Gasteiger partial charge in [-0.05, 0) is 12.5 Å². The molecule has 0 fully saturated rings. The largest absolute Gasteiger partial charge is 0.493 e. The molecular formula is C16H20N4O4. The first-order chi connectivity index (χ1) is 11.5. The summed E-state index contributed by atoms with van der Waals surface area (Å²) in [6.07, 6.45) is 3.76. The molecule has 0 radical (unpaired) electrons. The summed E-state index contributed by atoms with van der Waals surface area (Å²) in [4.78, 5) is 41.1. The second kappa shape index (κ2) is 7.58. The third-order valence-electron chi connectivity index (χ3n) is 3.39. The monoisotopic (exact) mass is 332 g/mol. The predicted molar refractivity (Wildman–Crippen MR) is 90.2 cm³/mol. The van der Waals surface area contributed by atoms with E-state index in [9.17, 15) is 14.4 Å². The van der Waals surface area contributed by atoms with Gasteiger partial charge in [-0.25, -0.2) is 14.3 Å². The van der Waals surface area contributed by atoms with E-state index in [2.05, 4.69) is 16.9 Å². The molecule has 2 rings (SSSR count). The van der Waals surface area contributed by atoms with Crippen LogP contribution in [0.25, 0.3) is 11.0 Å². The Bertz CT molecular complexity index is 882. The maximum atomic E-state index is 12.7. The first-order valence-electron chi connectivity index (χ1n) is 7.60. The fraction of sp³-hybridized carbons (Fsp3) is 0.375. The average Bonchev–Trinajstić information content (AvgIpc) is 2.59. The van der Waals surface area contributed by atoms with Crippen LogP contribution in [-0.2, 0) is 18.4 Å². The van der Waals surface area contributed by atoms with Crippen molar-refractivity contribution in [3.05, 3.63) is 45.8 Å². The topological polar surface area (TPSA) is 95.2 Å². The van der Waals surface area contributed by atoms with Gasteiger partial charge >= 0.3 is 5.69 Å². The molecule has 0 saturated carbocycles. The van der Waals surface area contributed by atoms with Crippen molar-refractivity contribution in [2.45, 2.75) is 19.9 Å². The first kappa shape index (κ1) is 17.5. The molecule has 2 aromatic rings. The van der Waals surface area contributed by atoms with E-state index in [4.69, 9.17) is 4.74 Å². The second-order valence-corrected chi connectivity index (χ2v) is 5.18. The lowest BCUT2D eigenvalue weighted by Crippen LogP contribution is -2.43. The minimum atomic E-state index is -0.610. The summed E-state index contributed by atoms with van der Waals surface area (Å²) in [6.45, 7) is 5.75. The summed E-state index contributed by atoms with van der Waals surface area (Å²) in [7, 11) is 1.50. The van der Waals surface area contributed by atoms with E-state index in [1.165, 1.54) is 23.9 Å². The predicted octanol–water partition coefficient (Wildman–Crippen LogP) is 0.186. The van der Waals surface area contributed by atoms with Crippen LogP contribution in [0.15, 0.2) is 34.5 Å². The lowest BCUT2D eigenvalue weighted by molar-refractivity contribution is -0.121. The van der Waals surface area contributed by atoms with Crippen LogP contribution in [0.3, 0.4) is 0 Å². The van der Waals surface area contributed by atoms with E-state index < -0.39 is 17.2 Å². The van der Waals surface area contributed by atoms with Gasteiger partial charge in [-0.1, -0.05) is 13.0 Å². The molecule has 0 aliphatic heterocycles. The Hall–Kier alpha value is -2.90. The summed E-state index contributed by atoms with van der Waals surface area (Å²) >= 11 is 0. The fourth-order valence-corrected chi connectivity index (χ4v) is 2.24. The van der Waals surface area contributed by atoms with E-state index in [-0.39, 0.29) is 24.1 Å². The summed E-state index contributed by atoms with van der Waals surface area (Å²) in [5.41, 5.74) is -0.983. The van der Waals surface area contributed by atoms with Crippen molar-refractivity contribution in [3.63, 3.8) is 0 Å². The standard InChI is InChI=1S/C16H20N4O4/c1-4-7-17-12(21)10-20-15(22)13-11(24-9-5-2)6-8-18-14(13)19(3)16(20)23/h4,6,8H,1,5,7,9-10H2,2-3H3,(H,17,21). The maximum Gasteiger partial charge on any atom is 0.332 e. The molecule has 0 unspecified atom stereocenters. The number of carbonyl (C=O) groups excluding carboxylic acids is 1. The zero-order valence-corrected chi connectivity index (χ0v) is 13.7. The van der Waals surface area contributed by atoms with Crippen molar-refractivity contribution in [2.24, 2.45) is 7.05 Å². The van der Waals surface area contributed by atoms with Gasteiger partial charge in [0.2, 0.25) is 5.91 Å². The Morgan fingerprint density at radius 1 is 1.46 bits per heavy atom. The van der Waals surface area contributed by atoms with Crippen LogP contribution >= 0.6 is 0 Å². The Morgan fingerprint density at radius 3 is 2.88 bits per heavy atom. The van der Waals surface area contributed by atoms with Crippen molar-refractivity contribution in [1.29, 1.82) is 0 Å². The minimum Gasteiger partial charge on any atom is -0.493 e. The number of nitrogens with one attached hydrogen (secondary N) is 1.